The number of hydrogen-bond donors (Lipinski definition) is 1. The van der Waals surface area contributed by atoms with Crippen LogP contribution in [0, 0.1) is 0 Å². The van der Waals surface area contributed by atoms with Crippen LogP contribution in [-0.4, -0.2) is 30.8 Å². The molecule has 2 aromatic carbocycles. The van der Waals surface area contributed by atoms with Gasteiger partial charge in [-0.3, -0.25) is 9.59 Å². The lowest BCUT2D eigenvalue weighted by molar-refractivity contribution is 0.0828. The van der Waals surface area contributed by atoms with E-state index >= 15 is 0 Å². The number of anilines is 1. The first-order valence-corrected chi connectivity index (χ1v) is 7.62. The quantitative estimate of drug-likeness (QED) is 0.934. The number of benzene rings is 2. The molecule has 0 aliphatic rings. The summed E-state index contributed by atoms with van der Waals surface area (Å²) in [4.78, 5) is 26.1. The van der Waals surface area contributed by atoms with Crippen molar-refractivity contribution in [3.05, 3.63) is 65.2 Å². The molecule has 0 bridgehead atoms. The Bertz CT molecular complexity index is 704. The van der Waals surface area contributed by atoms with Crippen molar-refractivity contribution in [1.82, 2.24) is 4.90 Å². The van der Waals surface area contributed by atoms with Gasteiger partial charge in [0.25, 0.3) is 11.8 Å². The molecule has 23 heavy (non-hydrogen) atoms. The van der Waals surface area contributed by atoms with Crippen molar-refractivity contribution < 1.29 is 9.59 Å². The molecule has 4 nitrogen and oxygen atoms in total. The van der Waals surface area contributed by atoms with Gasteiger partial charge in [-0.15, -0.1) is 0 Å². The van der Waals surface area contributed by atoms with Gasteiger partial charge in [-0.25, -0.2) is 0 Å². The molecule has 0 heterocycles. The Morgan fingerprint density at radius 2 is 1.57 bits per heavy atom. The maximum absolute atomic E-state index is 12.4. The number of amides is 2. The average molecular weight is 310 g/mol. The van der Waals surface area contributed by atoms with Crippen molar-refractivity contribution in [3.63, 3.8) is 0 Å². The van der Waals surface area contributed by atoms with E-state index in [4.69, 9.17) is 0 Å². The molecule has 0 aromatic heterocycles. The Hall–Kier alpha value is -2.62. The Morgan fingerprint density at radius 1 is 0.957 bits per heavy atom. The van der Waals surface area contributed by atoms with Gasteiger partial charge in [0.15, 0.2) is 0 Å². The van der Waals surface area contributed by atoms with Gasteiger partial charge in [0.1, 0.15) is 0 Å². The zero-order valence-corrected chi connectivity index (χ0v) is 14.0. The lowest BCUT2D eigenvalue weighted by atomic mass is 10.0. The molecule has 0 atom stereocenters. The van der Waals surface area contributed by atoms with Crippen molar-refractivity contribution in [3.8, 4) is 0 Å². The van der Waals surface area contributed by atoms with Crippen LogP contribution in [0.4, 0.5) is 5.69 Å². The second-order valence-electron chi connectivity index (χ2n) is 5.98. The summed E-state index contributed by atoms with van der Waals surface area (Å²) in [5, 5.41) is 2.82. The molecule has 0 saturated heterocycles. The molecule has 0 aliphatic heterocycles. The number of rotatable bonds is 4. The number of hydrogen-bond acceptors (Lipinski definition) is 2. The highest BCUT2D eigenvalue weighted by atomic mass is 16.2. The van der Waals surface area contributed by atoms with E-state index < -0.39 is 0 Å². The van der Waals surface area contributed by atoms with Crippen molar-refractivity contribution >= 4 is 17.5 Å². The molecule has 0 spiro atoms. The fraction of sp³-hybridized carbons (Fsp3) is 0.263. The van der Waals surface area contributed by atoms with Crippen molar-refractivity contribution in [2.24, 2.45) is 0 Å². The summed E-state index contributed by atoms with van der Waals surface area (Å²) in [6, 6.07) is 14.5. The van der Waals surface area contributed by atoms with Crippen LogP contribution >= 0.6 is 0 Å². The van der Waals surface area contributed by atoms with Gasteiger partial charge >= 0.3 is 0 Å². The van der Waals surface area contributed by atoms with E-state index in [0.717, 1.165) is 0 Å². The van der Waals surface area contributed by atoms with Crippen LogP contribution in [0.2, 0.25) is 0 Å². The van der Waals surface area contributed by atoms with E-state index in [2.05, 4.69) is 19.2 Å². The zero-order valence-electron chi connectivity index (χ0n) is 14.0. The summed E-state index contributed by atoms with van der Waals surface area (Å²) < 4.78 is 0. The summed E-state index contributed by atoms with van der Waals surface area (Å²) >= 11 is 0. The minimum absolute atomic E-state index is 0.143. The molecule has 0 saturated carbocycles. The second-order valence-corrected chi connectivity index (χ2v) is 5.98. The number of carbonyl (C=O) groups is 2. The van der Waals surface area contributed by atoms with Gasteiger partial charge in [0.05, 0.1) is 11.3 Å². The fourth-order valence-electron chi connectivity index (χ4n) is 2.23. The molecule has 0 unspecified atom stereocenters. The Labute approximate surface area is 137 Å². The van der Waals surface area contributed by atoms with Crippen LogP contribution < -0.4 is 5.32 Å². The van der Waals surface area contributed by atoms with Crippen LogP contribution in [0.5, 0.6) is 0 Å². The average Bonchev–Trinajstić information content (AvgIpc) is 2.54. The van der Waals surface area contributed by atoms with Gasteiger partial charge in [0.2, 0.25) is 0 Å². The second kappa shape index (κ2) is 7.09. The molecule has 0 fully saturated rings. The third kappa shape index (κ3) is 3.97. The number of para-hydroxylation sites is 1. The minimum atomic E-state index is -0.223. The minimum Gasteiger partial charge on any atom is -0.345 e. The van der Waals surface area contributed by atoms with E-state index in [1.807, 2.05) is 12.1 Å². The van der Waals surface area contributed by atoms with Gasteiger partial charge in [-0.05, 0) is 35.7 Å². The topological polar surface area (TPSA) is 49.4 Å². The molecule has 120 valence electrons. The van der Waals surface area contributed by atoms with Crippen LogP contribution in [0.15, 0.2) is 48.5 Å². The van der Waals surface area contributed by atoms with E-state index in [1.165, 1.54) is 10.5 Å². The van der Waals surface area contributed by atoms with Crippen molar-refractivity contribution in [2.75, 3.05) is 19.4 Å². The first kappa shape index (κ1) is 16.7. The fourth-order valence-corrected chi connectivity index (χ4v) is 2.23. The highest BCUT2D eigenvalue weighted by Gasteiger charge is 2.15. The third-order valence-corrected chi connectivity index (χ3v) is 3.65. The normalized spacial score (nSPS) is 10.5. The number of carbonyl (C=O) groups excluding carboxylic acids is 2. The standard InChI is InChI=1S/C19H22N2O2/c1-13(2)14-9-11-15(12-10-14)18(22)20-17-8-6-5-7-16(17)19(23)21(3)4/h5-13H,1-4H3,(H,20,22). The lowest BCUT2D eigenvalue weighted by Gasteiger charge is -2.15. The van der Waals surface area contributed by atoms with E-state index in [9.17, 15) is 9.59 Å². The number of nitrogens with zero attached hydrogens (tertiary/aromatic N) is 1. The monoisotopic (exact) mass is 310 g/mol. The number of nitrogens with one attached hydrogen (secondary N) is 1. The Morgan fingerprint density at radius 3 is 2.13 bits per heavy atom. The maximum atomic E-state index is 12.4. The molecule has 2 rings (SSSR count). The highest BCUT2D eigenvalue weighted by Crippen LogP contribution is 2.19. The van der Waals surface area contributed by atoms with Crippen LogP contribution in [-0.2, 0) is 0 Å². The Balaban J connectivity index is 2.22. The highest BCUT2D eigenvalue weighted by molar-refractivity contribution is 6.08. The van der Waals surface area contributed by atoms with Crippen LogP contribution in [0.1, 0.15) is 46.0 Å². The molecule has 2 aromatic rings. The van der Waals surface area contributed by atoms with Crippen molar-refractivity contribution in [1.29, 1.82) is 0 Å². The summed E-state index contributed by atoms with van der Waals surface area (Å²) in [5.74, 6) is 0.0564. The van der Waals surface area contributed by atoms with E-state index in [-0.39, 0.29) is 11.8 Å². The summed E-state index contributed by atoms with van der Waals surface area (Å²) in [6.07, 6.45) is 0. The summed E-state index contributed by atoms with van der Waals surface area (Å²) in [5.41, 5.74) is 2.75. The summed E-state index contributed by atoms with van der Waals surface area (Å²) in [7, 11) is 3.37. The maximum Gasteiger partial charge on any atom is 0.255 e. The molecule has 1 N–H and O–H groups in total. The van der Waals surface area contributed by atoms with Crippen LogP contribution in [0.3, 0.4) is 0 Å². The largest absolute Gasteiger partial charge is 0.345 e. The van der Waals surface area contributed by atoms with E-state index in [0.29, 0.717) is 22.7 Å². The molecular formula is C19H22N2O2. The molecular weight excluding hydrogens is 288 g/mol. The van der Waals surface area contributed by atoms with Crippen molar-refractivity contribution in [2.45, 2.75) is 19.8 Å². The summed E-state index contributed by atoms with van der Waals surface area (Å²) in [6.45, 7) is 4.22. The van der Waals surface area contributed by atoms with Gasteiger partial charge in [-0.1, -0.05) is 38.1 Å². The van der Waals surface area contributed by atoms with Gasteiger partial charge in [-0.2, -0.15) is 0 Å². The smallest absolute Gasteiger partial charge is 0.255 e. The predicted octanol–water partition coefficient (Wildman–Crippen LogP) is 3.76. The lowest BCUT2D eigenvalue weighted by Crippen LogP contribution is -2.24. The third-order valence-electron chi connectivity index (χ3n) is 3.65. The Kier molecular flexibility index (Phi) is 5.16. The predicted molar refractivity (Wildman–Crippen MR) is 92.9 cm³/mol. The molecule has 0 aliphatic carbocycles. The van der Waals surface area contributed by atoms with Gasteiger partial charge in [0, 0.05) is 19.7 Å². The first-order valence-electron chi connectivity index (χ1n) is 7.62. The molecule has 4 heteroatoms. The first-order chi connectivity index (χ1) is 10.9. The van der Waals surface area contributed by atoms with E-state index in [1.54, 1.807) is 50.5 Å². The molecule has 0 radical (unpaired) electrons. The van der Waals surface area contributed by atoms with Gasteiger partial charge < -0.3 is 10.2 Å². The van der Waals surface area contributed by atoms with Crippen LogP contribution in [0.25, 0.3) is 0 Å². The zero-order chi connectivity index (χ0) is 17.0. The SMILES string of the molecule is CC(C)c1ccc(C(=O)Nc2ccccc2C(=O)N(C)C)cc1. The molecule has 2 amide bonds.